The van der Waals surface area contributed by atoms with Crippen molar-refractivity contribution >= 4 is 34.0 Å². The number of Topliss-reactive ketones (excluding diaryl/α,β-unsaturated/α-hetero) is 2. The van der Waals surface area contributed by atoms with E-state index in [-0.39, 0.29) is 29.7 Å². The second kappa shape index (κ2) is 8.77. The topological polar surface area (TPSA) is 161 Å². The molecule has 0 saturated heterocycles. The molecule has 0 aromatic heterocycles. The number of fused-ring (bicyclic) bond motifs is 4. The third-order valence-electron chi connectivity index (χ3n) is 8.63. The number of carbonyl (C=O) groups excluding carboxylic acids is 3. The van der Waals surface area contributed by atoms with E-state index in [9.17, 15) is 34.8 Å². The van der Waals surface area contributed by atoms with Crippen LogP contribution in [0.15, 0.2) is 71.5 Å². The number of carbonyl (C=O) groups is 3. The highest BCUT2D eigenvalue weighted by atomic mass is 16.3. The fourth-order valence-electron chi connectivity index (χ4n) is 6.82. The standard InChI is InChI=1S/C31H28N2O7/c1-33(2)24-20-13-18-11-17-10-16-9-8-15(14-6-4-3-5-7-14)12-19(16)25(34)21(17)26(35)22(18)28(37)31(20,40)29(38)23(27(24)36)30(32)39/h3-10,12,18,20,24,34-35,38,40H,11,13H2,1-2H3,(H2,32,39)/t18-,20-,24-,31-/m0/s1. The molecule has 204 valence electrons. The molecule has 0 unspecified atom stereocenters. The van der Waals surface area contributed by atoms with E-state index >= 15 is 0 Å². The van der Waals surface area contributed by atoms with Crippen LogP contribution in [0.25, 0.3) is 27.7 Å². The van der Waals surface area contributed by atoms with E-state index in [1.54, 1.807) is 20.2 Å². The molecule has 0 heterocycles. The van der Waals surface area contributed by atoms with Crippen molar-refractivity contribution in [2.24, 2.45) is 17.6 Å². The van der Waals surface area contributed by atoms with E-state index in [2.05, 4.69) is 0 Å². The molecule has 40 heavy (non-hydrogen) atoms. The van der Waals surface area contributed by atoms with Crippen molar-refractivity contribution in [2.75, 3.05) is 14.1 Å². The predicted molar refractivity (Wildman–Crippen MR) is 147 cm³/mol. The summed E-state index contributed by atoms with van der Waals surface area (Å²) in [6.45, 7) is 0. The van der Waals surface area contributed by atoms with Gasteiger partial charge in [0.05, 0.1) is 11.6 Å². The number of aromatic hydroxyl groups is 1. The molecule has 3 aromatic carbocycles. The molecule has 6 rings (SSSR count). The fraction of sp³-hybridized carbons (Fsp3) is 0.258. The molecule has 4 atom stereocenters. The summed E-state index contributed by atoms with van der Waals surface area (Å²) in [6, 6.07) is 16.0. The molecule has 0 aliphatic heterocycles. The number of hydrogen-bond acceptors (Lipinski definition) is 8. The van der Waals surface area contributed by atoms with E-state index in [0.717, 1.165) is 16.5 Å². The van der Waals surface area contributed by atoms with Crippen LogP contribution >= 0.6 is 0 Å². The van der Waals surface area contributed by atoms with Crippen molar-refractivity contribution in [3.63, 3.8) is 0 Å². The van der Waals surface area contributed by atoms with Crippen molar-refractivity contribution in [3.05, 3.63) is 82.6 Å². The zero-order valence-corrected chi connectivity index (χ0v) is 21.9. The smallest absolute Gasteiger partial charge is 0.255 e. The SMILES string of the molecule is CN(C)[C@@H]1C(=O)C(C(N)=O)=C(O)[C@@]2(O)C(=O)C3=C(O)c4c(cc5ccc(-c6ccccc6)cc5c4O)C[C@H]3C[C@@H]12. The summed E-state index contributed by atoms with van der Waals surface area (Å²) in [5, 5.41) is 46.8. The zero-order valence-electron chi connectivity index (χ0n) is 21.9. The molecular weight excluding hydrogens is 512 g/mol. The van der Waals surface area contributed by atoms with E-state index in [1.807, 2.05) is 48.5 Å². The van der Waals surface area contributed by atoms with Gasteiger partial charge in [-0.1, -0.05) is 48.5 Å². The summed E-state index contributed by atoms with van der Waals surface area (Å²) in [6.07, 6.45) is 0.302. The Morgan fingerprint density at radius 3 is 2.35 bits per heavy atom. The average Bonchev–Trinajstić information content (AvgIpc) is 2.90. The van der Waals surface area contributed by atoms with Gasteiger partial charge < -0.3 is 26.2 Å². The first kappa shape index (κ1) is 25.8. The van der Waals surface area contributed by atoms with Crippen LogP contribution < -0.4 is 5.73 Å². The number of primary amides is 1. The van der Waals surface area contributed by atoms with Crippen LogP contribution in [0.2, 0.25) is 0 Å². The molecule has 1 amide bonds. The van der Waals surface area contributed by atoms with Crippen LogP contribution in [-0.2, 0) is 20.8 Å². The van der Waals surface area contributed by atoms with Gasteiger partial charge in [0.2, 0.25) is 5.78 Å². The molecule has 0 radical (unpaired) electrons. The Morgan fingerprint density at radius 2 is 1.70 bits per heavy atom. The molecule has 6 N–H and O–H groups in total. The van der Waals surface area contributed by atoms with Gasteiger partial charge >= 0.3 is 0 Å². The van der Waals surface area contributed by atoms with Gasteiger partial charge in [0.25, 0.3) is 5.91 Å². The maximum Gasteiger partial charge on any atom is 0.255 e. The van der Waals surface area contributed by atoms with Gasteiger partial charge in [-0.25, -0.2) is 0 Å². The average molecular weight is 541 g/mol. The minimum Gasteiger partial charge on any atom is -0.508 e. The number of hydrogen-bond donors (Lipinski definition) is 5. The maximum absolute atomic E-state index is 14.0. The lowest BCUT2D eigenvalue weighted by molar-refractivity contribution is -0.153. The maximum atomic E-state index is 14.0. The Kier molecular flexibility index (Phi) is 5.65. The van der Waals surface area contributed by atoms with E-state index < -0.39 is 58.0 Å². The normalized spacial score (nSPS) is 26.1. The molecule has 1 fully saturated rings. The Balaban J connectivity index is 1.55. The van der Waals surface area contributed by atoms with E-state index in [0.29, 0.717) is 10.9 Å². The lowest BCUT2D eigenvalue weighted by Crippen LogP contribution is -2.65. The molecule has 9 nitrogen and oxygen atoms in total. The van der Waals surface area contributed by atoms with Crippen molar-refractivity contribution in [2.45, 2.75) is 24.5 Å². The summed E-state index contributed by atoms with van der Waals surface area (Å²) in [5.41, 5.74) is 4.21. The highest BCUT2D eigenvalue weighted by molar-refractivity contribution is 6.24. The van der Waals surface area contributed by atoms with Gasteiger partial charge in [0.15, 0.2) is 11.4 Å². The van der Waals surface area contributed by atoms with Gasteiger partial charge in [0.1, 0.15) is 22.8 Å². The number of nitrogens with two attached hydrogens (primary N) is 1. The number of ketones is 2. The molecule has 3 aromatic rings. The first-order valence-corrected chi connectivity index (χ1v) is 13.0. The van der Waals surface area contributed by atoms with Crippen molar-refractivity contribution in [1.82, 2.24) is 4.90 Å². The van der Waals surface area contributed by atoms with Crippen LogP contribution in [0.1, 0.15) is 17.5 Å². The number of rotatable bonds is 3. The van der Waals surface area contributed by atoms with Gasteiger partial charge in [-0.2, -0.15) is 0 Å². The van der Waals surface area contributed by atoms with Gasteiger partial charge in [-0.3, -0.25) is 19.3 Å². The summed E-state index contributed by atoms with van der Waals surface area (Å²) in [7, 11) is 3.14. The lowest BCUT2D eigenvalue weighted by atomic mass is 9.57. The van der Waals surface area contributed by atoms with Crippen LogP contribution in [0.3, 0.4) is 0 Å². The first-order chi connectivity index (χ1) is 19.0. The molecule has 0 bridgehead atoms. The number of benzene rings is 3. The van der Waals surface area contributed by atoms with Crippen LogP contribution in [0, 0.1) is 11.8 Å². The number of amides is 1. The number of phenolic OH excluding ortho intramolecular Hbond substituents is 1. The lowest BCUT2D eigenvalue weighted by Gasteiger charge is -2.50. The zero-order chi connectivity index (χ0) is 28.7. The predicted octanol–water partition coefficient (Wildman–Crippen LogP) is 2.78. The molecule has 0 spiro atoms. The van der Waals surface area contributed by atoms with E-state index in [4.69, 9.17) is 5.73 Å². The summed E-state index contributed by atoms with van der Waals surface area (Å²) < 4.78 is 0. The molecule has 9 heteroatoms. The molecule has 1 saturated carbocycles. The van der Waals surface area contributed by atoms with Gasteiger partial charge in [-0.15, -0.1) is 0 Å². The fourth-order valence-corrected chi connectivity index (χ4v) is 6.82. The Morgan fingerprint density at radius 1 is 1.00 bits per heavy atom. The minimum atomic E-state index is -2.66. The molecular formula is C31H28N2O7. The summed E-state index contributed by atoms with van der Waals surface area (Å²) >= 11 is 0. The number of nitrogens with zero attached hydrogens (tertiary/aromatic N) is 1. The second-order valence-electron chi connectivity index (χ2n) is 11.0. The second-order valence-corrected chi connectivity index (χ2v) is 11.0. The van der Waals surface area contributed by atoms with Crippen LogP contribution in [0.4, 0.5) is 0 Å². The first-order valence-electron chi connectivity index (χ1n) is 13.0. The Hall–Kier alpha value is -4.47. The highest BCUT2D eigenvalue weighted by Crippen LogP contribution is 2.53. The monoisotopic (exact) mass is 540 g/mol. The molecule has 3 aliphatic rings. The number of likely N-dealkylation sites (N-methyl/N-ethyl adjacent to an activating group) is 1. The summed E-state index contributed by atoms with van der Waals surface area (Å²) in [5.74, 6) is -6.58. The van der Waals surface area contributed by atoms with Gasteiger partial charge in [0, 0.05) is 16.9 Å². The number of phenols is 1. The minimum absolute atomic E-state index is 0.0531. The highest BCUT2D eigenvalue weighted by Gasteiger charge is 2.64. The largest absolute Gasteiger partial charge is 0.508 e. The Labute approximate surface area is 229 Å². The van der Waals surface area contributed by atoms with Crippen molar-refractivity contribution in [3.8, 4) is 16.9 Å². The number of aliphatic hydroxyl groups is 3. The van der Waals surface area contributed by atoms with Crippen LogP contribution in [-0.4, -0.2) is 68.5 Å². The quantitative estimate of drug-likeness (QED) is 0.317. The third kappa shape index (κ3) is 3.38. The van der Waals surface area contributed by atoms with Gasteiger partial charge in [-0.05, 0) is 61.0 Å². The van der Waals surface area contributed by atoms with Crippen molar-refractivity contribution in [1.29, 1.82) is 0 Å². The molecule has 3 aliphatic carbocycles. The van der Waals surface area contributed by atoms with E-state index in [1.165, 1.54) is 4.90 Å². The Bertz CT molecular complexity index is 1710. The number of aliphatic hydroxyl groups excluding tert-OH is 2. The van der Waals surface area contributed by atoms with Crippen LogP contribution in [0.5, 0.6) is 5.75 Å². The summed E-state index contributed by atoms with van der Waals surface area (Å²) in [4.78, 5) is 40.8. The van der Waals surface area contributed by atoms with Crippen molar-refractivity contribution < 1.29 is 34.8 Å². The third-order valence-corrected chi connectivity index (χ3v) is 8.63.